The SMILES string of the molecule is O=C(Cc1c(F)cccc1F)NCC1NCCc2ccccc21. The molecule has 0 saturated carbocycles. The van der Waals surface area contributed by atoms with Crippen LogP contribution in [0.3, 0.4) is 0 Å². The number of rotatable bonds is 4. The average molecular weight is 316 g/mol. The molecule has 3 rings (SSSR count). The van der Waals surface area contributed by atoms with Crippen LogP contribution in [0.15, 0.2) is 42.5 Å². The smallest absolute Gasteiger partial charge is 0.224 e. The van der Waals surface area contributed by atoms with E-state index < -0.39 is 11.6 Å². The highest BCUT2D eigenvalue weighted by molar-refractivity contribution is 5.78. The minimum Gasteiger partial charge on any atom is -0.354 e. The number of amides is 1. The molecule has 5 heteroatoms. The van der Waals surface area contributed by atoms with Gasteiger partial charge in [-0.2, -0.15) is 0 Å². The summed E-state index contributed by atoms with van der Waals surface area (Å²) in [7, 11) is 0. The first-order chi connectivity index (χ1) is 11.1. The minimum atomic E-state index is -0.693. The summed E-state index contributed by atoms with van der Waals surface area (Å²) in [6.07, 6.45) is 0.661. The predicted molar refractivity (Wildman–Crippen MR) is 84.0 cm³/mol. The van der Waals surface area contributed by atoms with Crippen LogP contribution in [-0.2, 0) is 17.6 Å². The van der Waals surface area contributed by atoms with Gasteiger partial charge in [-0.3, -0.25) is 4.79 Å². The molecule has 3 nitrogen and oxygen atoms in total. The van der Waals surface area contributed by atoms with E-state index >= 15 is 0 Å². The summed E-state index contributed by atoms with van der Waals surface area (Å²) in [4.78, 5) is 12.0. The summed E-state index contributed by atoms with van der Waals surface area (Å²) >= 11 is 0. The summed E-state index contributed by atoms with van der Waals surface area (Å²) in [5.74, 6) is -1.78. The fraction of sp³-hybridized carbons (Fsp3) is 0.278. The Bertz CT molecular complexity index is 698. The Labute approximate surface area is 133 Å². The van der Waals surface area contributed by atoms with Crippen molar-refractivity contribution in [1.29, 1.82) is 0 Å². The van der Waals surface area contributed by atoms with Crippen molar-refractivity contribution in [2.24, 2.45) is 0 Å². The van der Waals surface area contributed by atoms with E-state index in [-0.39, 0.29) is 23.9 Å². The summed E-state index contributed by atoms with van der Waals surface area (Å²) in [5, 5.41) is 6.12. The Balaban J connectivity index is 1.62. The molecule has 2 aromatic rings. The van der Waals surface area contributed by atoms with Gasteiger partial charge in [-0.15, -0.1) is 0 Å². The first-order valence-corrected chi connectivity index (χ1v) is 7.66. The van der Waals surface area contributed by atoms with Crippen LogP contribution in [0.5, 0.6) is 0 Å². The van der Waals surface area contributed by atoms with Gasteiger partial charge in [0.1, 0.15) is 11.6 Å². The van der Waals surface area contributed by atoms with Crippen LogP contribution in [0.4, 0.5) is 8.78 Å². The highest BCUT2D eigenvalue weighted by atomic mass is 19.1. The Morgan fingerprint density at radius 3 is 2.65 bits per heavy atom. The van der Waals surface area contributed by atoms with Crippen LogP contribution < -0.4 is 10.6 Å². The molecule has 120 valence electrons. The maximum atomic E-state index is 13.6. The van der Waals surface area contributed by atoms with E-state index in [1.807, 2.05) is 18.2 Å². The van der Waals surface area contributed by atoms with Crippen molar-refractivity contribution in [3.05, 3.63) is 70.8 Å². The highest BCUT2D eigenvalue weighted by Crippen LogP contribution is 2.22. The topological polar surface area (TPSA) is 41.1 Å². The molecule has 0 aromatic heterocycles. The maximum absolute atomic E-state index is 13.6. The lowest BCUT2D eigenvalue weighted by Gasteiger charge is -2.27. The van der Waals surface area contributed by atoms with Crippen LogP contribution in [0.1, 0.15) is 22.7 Å². The van der Waals surface area contributed by atoms with Crippen molar-refractivity contribution < 1.29 is 13.6 Å². The highest BCUT2D eigenvalue weighted by Gasteiger charge is 2.20. The Hall–Kier alpha value is -2.27. The first kappa shape index (κ1) is 15.6. The monoisotopic (exact) mass is 316 g/mol. The summed E-state index contributed by atoms with van der Waals surface area (Å²) in [6, 6.07) is 11.7. The number of nitrogens with one attached hydrogen (secondary N) is 2. The molecular formula is C18H18F2N2O. The molecule has 0 fully saturated rings. The maximum Gasteiger partial charge on any atom is 0.224 e. The second-order valence-electron chi connectivity index (χ2n) is 5.64. The third-order valence-electron chi connectivity index (χ3n) is 4.12. The van der Waals surface area contributed by atoms with E-state index in [1.54, 1.807) is 0 Å². The van der Waals surface area contributed by atoms with Gasteiger partial charge < -0.3 is 10.6 Å². The summed E-state index contributed by atoms with van der Waals surface area (Å²) < 4.78 is 27.1. The lowest BCUT2D eigenvalue weighted by atomic mass is 9.94. The number of fused-ring (bicyclic) bond motifs is 1. The molecule has 1 unspecified atom stereocenters. The standard InChI is InChI=1S/C18H18F2N2O/c19-15-6-3-7-16(20)14(15)10-18(23)22-11-17-13-5-2-1-4-12(13)8-9-21-17/h1-7,17,21H,8-11H2,(H,22,23). The van der Waals surface area contributed by atoms with E-state index in [0.29, 0.717) is 6.54 Å². The van der Waals surface area contributed by atoms with E-state index in [2.05, 4.69) is 16.7 Å². The van der Waals surface area contributed by atoms with Crippen LogP contribution in [0, 0.1) is 11.6 Å². The number of hydrogen-bond donors (Lipinski definition) is 2. The quantitative estimate of drug-likeness (QED) is 0.910. The Morgan fingerprint density at radius 1 is 1.13 bits per heavy atom. The first-order valence-electron chi connectivity index (χ1n) is 7.66. The minimum absolute atomic E-state index is 0.0226. The van der Waals surface area contributed by atoms with Crippen LogP contribution in [0.2, 0.25) is 0 Å². The van der Waals surface area contributed by atoms with Gasteiger partial charge in [-0.05, 0) is 36.2 Å². The van der Waals surface area contributed by atoms with E-state index in [9.17, 15) is 13.6 Å². The van der Waals surface area contributed by atoms with E-state index in [4.69, 9.17) is 0 Å². The zero-order chi connectivity index (χ0) is 16.2. The second-order valence-corrected chi connectivity index (χ2v) is 5.64. The van der Waals surface area contributed by atoms with Crippen molar-refractivity contribution in [3.63, 3.8) is 0 Å². The molecule has 1 aliphatic heterocycles. The third-order valence-corrected chi connectivity index (χ3v) is 4.12. The lowest BCUT2D eigenvalue weighted by molar-refractivity contribution is -0.120. The lowest BCUT2D eigenvalue weighted by Crippen LogP contribution is -2.39. The van der Waals surface area contributed by atoms with Gasteiger partial charge in [-0.25, -0.2) is 8.78 Å². The third kappa shape index (κ3) is 3.56. The van der Waals surface area contributed by atoms with Gasteiger partial charge >= 0.3 is 0 Å². The zero-order valence-corrected chi connectivity index (χ0v) is 12.6. The molecule has 0 bridgehead atoms. The van der Waals surface area contributed by atoms with Crippen molar-refractivity contribution in [1.82, 2.24) is 10.6 Å². The van der Waals surface area contributed by atoms with Gasteiger partial charge in [0.15, 0.2) is 0 Å². The predicted octanol–water partition coefficient (Wildman–Crippen LogP) is 2.51. The van der Waals surface area contributed by atoms with Crippen molar-refractivity contribution in [3.8, 4) is 0 Å². The van der Waals surface area contributed by atoms with Crippen molar-refractivity contribution in [2.75, 3.05) is 13.1 Å². The zero-order valence-electron chi connectivity index (χ0n) is 12.6. The van der Waals surface area contributed by atoms with Crippen LogP contribution >= 0.6 is 0 Å². The van der Waals surface area contributed by atoms with Crippen molar-refractivity contribution in [2.45, 2.75) is 18.9 Å². The Morgan fingerprint density at radius 2 is 1.87 bits per heavy atom. The largest absolute Gasteiger partial charge is 0.354 e. The molecule has 1 heterocycles. The molecule has 1 atom stereocenters. The fourth-order valence-corrected chi connectivity index (χ4v) is 2.92. The summed E-state index contributed by atoms with van der Waals surface area (Å²) in [6.45, 7) is 1.24. The van der Waals surface area contributed by atoms with Crippen LogP contribution in [0.25, 0.3) is 0 Å². The van der Waals surface area contributed by atoms with E-state index in [0.717, 1.165) is 30.7 Å². The molecule has 0 radical (unpaired) electrons. The van der Waals surface area contributed by atoms with Gasteiger partial charge in [-0.1, -0.05) is 30.3 Å². The number of carbonyl (C=O) groups is 1. The molecule has 1 aliphatic rings. The van der Waals surface area contributed by atoms with Gasteiger partial charge in [0.2, 0.25) is 5.91 Å². The summed E-state index contributed by atoms with van der Waals surface area (Å²) in [5.41, 5.74) is 2.24. The normalized spacial score (nSPS) is 16.7. The van der Waals surface area contributed by atoms with Gasteiger partial charge in [0.05, 0.1) is 6.42 Å². The Kier molecular flexibility index (Phi) is 4.67. The average Bonchev–Trinajstić information content (AvgIpc) is 2.56. The fourth-order valence-electron chi connectivity index (χ4n) is 2.92. The number of hydrogen-bond acceptors (Lipinski definition) is 2. The van der Waals surface area contributed by atoms with Crippen molar-refractivity contribution >= 4 is 5.91 Å². The number of halogens is 2. The van der Waals surface area contributed by atoms with Gasteiger partial charge in [0.25, 0.3) is 0 Å². The molecule has 2 N–H and O–H groups in total. The molecule has 23 heavy (non-hydrogen) atoms. The van der Waals surface area contributed by atoms with Crippen LogP contribution in [-0.4, -0.2) is 19.0 Å². The number of benzene rings is 2. The molecule has 0 spiro atoms. The van der Waals surface area contributed by atoms with E-state index in [1.165, 1.54) is 11.6 Å². The number of carbonyl (C=O) groups excluding carboxylic acids is 1. The molecular weight excluding hydrogens is 298 g/mol. The molecule has 1 amide bonds. The second kappa shape index (κ2) is 6.87. The van der Waals surface area contributed by atoms with Gasteiger partial charge in [0, 0.05) is 18.2 Å². The molecule has 0 saturated heterocycles. The molecule has 0 aliphatic carbocycles. The molecule has 2 aromatic carbocycles.